The maximum Gasteiger partial charge on any atom is 0.188 e. The van der Waals surface area contributed by atoms with Crippen molar-refractivity contribution in [2.75, 3.05) is 5.32 Å². The largest absolute Gasteiger partial charge is 0.332 e. The molecule has 0 saturated heterocycles. The number of thiazole rings is 1. The van der Waals surface area contributed by atoms with Crippen molar-refractivity contribution in [2.45, 2.75) is 0 Å². The fraction of sp³-hybridized carbons (Fsp3) is 0. The van der Waals surface area contributed by atoms with Crippen molar-refractivity contribution in [1.82, 2.24) is 4.98 Å². The summed E-state index contributed by atoms with van der Waals surface area (Å²) in [6.07, 6.45) is 5.22. The minimum Gasteiger partial charge on any atom is -0.332 e. The second-order valence-corrected chi connectivity index (χ2v) is 3.53. The first-order valence-electron chi connectivity index (χ1n) is 4.13. The number of aromatic nitrogens is 1. The molecule has 1 aromatic carbocycles. The molecule has 68 valence electrons. The van der Waals surface area contributed by atoms with Crippen LogP contribution in [0.5, 0.6) is 0 Å². The molecule has 0 fully saturated rings. The number of hydrogen-bond donors (Lipinski definition) is 1. The molecule has 0 atom stereocenters. The SMILES string of the molecule is C#Cc1csc(Nc2ccccc2)n1. The molecule has 0 spiro atoms. The highest BCUT2D eigenvalue weighted by molar-refractivity contribution is 7.13. The minimum absolute atomic E-state index is 0.674. The Morgan fingerprint density at radius 3 is 2.71 bits per heavy atom. The van der Waals surface area contributed by atoms with E-state index in [4.69, 9.17) is 6.42 Å². The number of nitrogens with zero attached hydrogens (tertiary/aromatic N) is 1. The monoisotopic (exact) mass is 200 g/mol. The van der Waals surface area contributed by atoms with Gasteiger partial charge in [0.15, 0.2) is 5.13 Å². The van der Waals surface area contributed by atoms with Crippen molar-refractivity contribution < 1.29 is 0 Å². The Labute approximate surface area is 86.6 Å². The van der Waals surface area contributed by atoms with E-state index in [1.165, 1.54) is 11.3 Å². The van der Waals surface area contributed by atoms with E-state index in [1.54, 1.807) is 0 Å². The Kier molecular flexibility index (Phi) is 2.48. The van der Waals surface area contributed by atoms with Crippen LogP contribution < -0.4 is 5.32 Å². The van der Waals surface area contributed by atoms with Crippen LogP contribution in [0.15, 0.2) is 35.7 Å². The molecule has 0 amide bonds. The lowest BCUT2D eigenvalue weighted by Crippen LogP contribution is -1.88. The first kappa shape index (κ1) is 8.79. The summed E-state index contributed by atoms with van der Waals surface area (Å²) < 4.78 is 0. The highest BCUT2D eigenvalue weighted by Crippen LogP contribution is 2.19. The fourth-order valence-electron chi connectivity index (χ4n) is 1.04. The van der Waals surface area contributed by atoms with Crippen LogP contribution in [0.4, 0.5) is 10.8 Å². The van der Waals surface area contributed by atoms with Gasteiger partial charge in [0.25, 0.3) is 0 Å². The molecule has 0 saturated carbocycles. The predicted molar refractivity (Wildman–Crippen MR) is 59.8 cm³/mol. The molecule has 0 radical (unpaired) electrons. The van der Waals surface area contributed by atoms with Gasteiger partial charge in [-0.15, -0.1) is 17.8 Å². The van der Waals surface area contributed by atoms with E-state index in [2.05, 4.69) is 16.2 Å². The van der Waals surface area contributed by atoms with Crippen LogP contribution in [0.2, 0.25) is 0 Å². The number of rotatable bonds is 2. The zero-order chi connectivity index (χ0) is 9.80. The summed E-state index contributed by atoms with van der Waals surface area (Å²) in [6, 6.07) is 9.88. The molecule has 0 aliphatic heterocycles. The molecule has 2 aromatic rings. The first-order valence-corrected chi connectivity index (χ1v) is 5.00. The summed E-state index contributed by atoms with van der Waals surface area (Å²) in [5.74, 6) is 2.49. The number of hydrogen-bond acceptors (Lipinski definition) is 3. The van der Waals surface area contributed by atoms with E-state index < -0.39 is 0 Å². The van der Waals surface area contributed by atoms with E-state index in [0.29, 0.717) is 5.69 Å². The van der Waals surface area contributed by atoms with Crippen LogP contribution in [-0.4, -0.2) is 4.98 Å². The average molecular weight is 200 g/mol. The van der Waals surface area contributed by atoms with E-state index in [-0.39, 0.29) is 0 Å². The highest BCUT2D eigenvalue weighted by Gasteiger charge is 1.98. The van der Waals surface area contributed by atoms with E-state index in [1.807, 2.05) is 35.7 Å². The Balaban J connectivity index is 2.16. The first-order chi connectivity index (χ1) is 6.88. The van der Waals surface area contributed by atoms with Gasteiger partial charge in [-0.3, -0.25) is 0 Å². The molecule has 1 aromatic heterocycles. The molecule has 2 rings (SSSR count). The maximum atomic E-state index is 5.22. The van der Waals surface area contributed by atoms with Gasteiger partial charge < -0.3 is 5.32 Å². The van der Waals surface area contributed by atoms with Crippen LogP contribution in [0.25, 0.3) is 0 Å². The highest BCUT2D eigenvalue weighted by atomic mass is 32.1. The third kappa shape index (κ3) is 1.93. The van der Waals surface area contributed by atoms with Crippen LogP contribution in [0.3, 0.4) is 0 Å². The third-order valence-electron chi connectivity index (χ3n) is 1.68. The quantitative estimate of drug-likeness (QED) is 0.754. The number of anilines is 2. The van der Waals surface area contributed by atoms with E-state index in [9.17, 15) is 0 Å². The van der Waals surface area contributed by atoms with Gasteiger partial charge in [-0.2, -0.15) is 0 Å². The smallest absolute Gasteiger partial charge is 0.188 e. The molecule has 0 unspecified atom stereocenters. The Morgan fingerprint density at radius 2 is 2.07 bits per heavy atom. The second kappa shape index (κ2) is 3.95. The molecule has 1 N–H and O–H groups in total. The van der Waals surface area contributed by atoms with Gasteiger partial charge in [-0.05, 0) is 18.1 Å². The fourth-order valence-corrected chi connectivity index (χ4v) is 1.71. The number of para-hydroxylation sites is 1. The van der Waals surface area contributed by atoms with Crippen LogP contribution in [0.1, 0.15) is 5.69 Å². The van der Waals surface area contributed by atoms with Gasteiger partial charge in [0.05, 0.1) is 0 Å². The molecule has 0 bridgehead atoms. The third-order valence-corrected chi connectivity index (χ3v) is 2.43. The zero-order valence-corrected chi connectivity index (χ0v) is 8.21. The lowest BCUT2D eigenvalue weighted by Gasteiger charge is -1.99. The molecule has 0 aliphatic carbocycles. The molecule has 14 heavy (non-hydrogen) atoms. The molecule has 3 heteroatoms. The summed E-state index contributed by atoms with van der Waals surface area (Å²) in [7, 11) is 0. The number of terminal acetylenes is 1. The molecule has 1 heterocycles. The van der Waals surface area contributed by atoms with Gasteiger partial charge in [-0.25, -0.2) is 4.98 Å². The minimum atomic E-state index is 0.674. The summed E-state index contributed by atoms with van der Waals surface area (Å²) in [6.45, 7) is 0. The van der Waals surface area contributed by atoms with Crippen LogP contribution in [-0.2, 0) is 0 Å². The van der Waals surface area contributed by atoms with Gasteiger partial charge in [0.2, 0.25) is 0 Å². The summed E-state index contributed by atoms with van der Waals surface area (Å²) in [4.78, 5) is 4.20. The Hall–Kier alpha value is -1.79. The zero-order valence-electron chi connectivity index (χ0n) is 7.40. The standard InChI is InChI=1S/C11H8N2S/c1-2-9-8-14-11(12-9)13-10-6-4-3-5-7-10/h1,3-8H,(H,12,13). The summed E-state index contributed by atoms with van der Waals surface area (Å²) in [5.41, 5.74) is 1.69. The Morgan fingerprint density at radius 1 is 1.29 bits per heavy atom. The Bertz CT molecular complexity index is 454. The predicted octanol–water partition coefficient (Wildman–Crippen LogP) is 2.87. The van der Waals surface area contributed by atoms with Gasteiger partial charge in [0, 0.05) is 11.1 Å². The average Bonchev–Trinajstić information content (AvgIpc) is 2.67. The maximum absolute atomic E-state index is 5.22. The molecule has 2 nitrogen and oxygen atoms in total. The van der Waals surface area contributed by atoms with E-state index in [0.717, 1.165) is 10.8 Å². The number of nitrogens with one attached hydrogen (secondary N) is 1. The normalized spacial score (nSPS) is 9.36. The van der Waals surface area contributed by atoms with Crippen LogP contribution >= 0.6 is 11.3 Å². The van der Waals surface area contributed by atoms with E-state index >= 15 is 0 Å². The molecule has 0 aliphatic rings. The van der Waals surface area contributed by atoms with Crippen molar-refractivity contribution in [3.63, 3.8) is 0 Å². The molecular weight excluding hydrogens is 192 g/mol. The lowest BCUT2D eigenvalue weighted by atomic mass is 10.3. The summed E-state index contributed by atoms with van der Waals surface area (Å²) in [5, 5.41) is 5.85. The van der Waals surface area contributed by atoms with Crippen molar-refractivity contribution in [3.05, 3.63) is 41.4 Å². The lowest BCUT2D eigenvalue weighted by molar-refractivity contribution is 1.35. The second-order valence-electron chi connectivity index (χ2n) is 2.67. The van der Waals surface area contributed by atoms with Gasteiger partial charge in [-0.1, -0.05) is 18.2 Å². The van der Waals surface area contributed by atoms with Crippen molar-refractivity contribution in [2.24, 2.45) is 0 Å². The van der Waals surface area contributed by atoms with Gasteiger partial charge in [0.1, 0.15) is 5.69 Å². The number of benzene rings is 1. The summed E-state index contributed by atoms with van der Waals surface area (Å²) >= 11 is 1.50. The molecular formula is C11H8N2S. The van der Waals surface area contributed by atoms with Crippen LogP contribution in [0, 0.1) is 12.3 Å². The van der Waals surface area contributed by atoms with Crippen molar-refractivity contribution in [3.8, 4) is 12.3 Å². The topological polar surface area (TPSA) is 24.9 Å². The van der Waals surface area contributed by atoms with Gasteiger partial charge >= 0.3 is 0 Å². The van der Waals surface area contributed by atoms with Crippen molar-refractivity contribution in [1.29, 1.82) is 0 Å². The van der Waals surface area contributed by atoms with Crippen molar-refractivity contribution >= 4 is 22.2 Å².